The van der Waals surface area contributed by atoms with Crippen LogP contribution in [0.25, 0.3) is 39.1 Å². The molecule has 206 valence electrons. The molecule has 11 nitrogen and oxygen atoms in total. The fraction of sp³-hybridized carbons (Fsp3) is 0.414. The first kappa shape index (κ1) is 25.1. The Balaban J connectivity index is 1.32. The molecule has 1 aromatic carbocycles. The normalized spacial score (nSPS) is 19.4. The van der Waals surface area contributed by atoms with Crippen LogP contribution in [0.3, 0.4) is 0 Å². The fourth-order valence-electron chi connectivity index (χ4n) is 5.81. The fourth-order valence-corrected chi connectivity index (χ4v) is 5.81. The average molecular weight is 541 g/mol. The molecule has 2 aliphatic rings. The van der Waals surface area contributed by atoms with E-state index in [4.69, 9.17) is 19.7 Å². The number of nitrogens with zero attached hydrogens (tertiary/aromatic N) is 8. The molecule has 2 N–H and O–H groups in total. The first-order valence-corrected chi connectivity index (χ1v) is 13.9. The number of anilines is 1. The van der Waals surface area contributed by atoms with Gasteiger partial charge in [-0.3, -0.25) is 14.1 Å². The van der Waals surface area contributed by atoms with Gasteiger partial charge in [0, 0.05) is 36.9 Å². The van der Waals surface area contributed by atoms with E-state index in [1.54, 1.807) is 6.20 Å². The van der Waals surface area contributed by atoms with E-state index in [-0.39, 0.29) is 19.4 Å². The molecular formula is C29H32N8O3. The van der Waals surface area contributed by atoms with E-state index in [9.17, 15) is 10.2 Å². The number of aromatic nitrogens is 7. The number of pyridine rings is 1. The van der Waals surface area contributed by atoms with Crippen LogP contribution in [0.4, 0.5) is 5.95 Å². The lowest BCUT2D eigenvalue weighted by Crippen LogP contribution is -2.44. The van der Waals surface area contributed by atoms with Gasteiger partial charge in [0.1, 0.15) is 23.8 Å². The van der Waals surface area contributed by atoms with Crippen LogP contribution in [0.5, 0.6) is 0 Å². The van der Waals surface area contributed by atoms with E-state index >= 15 is 0 Å². The number of aliphatic hydroxyl groups excluding tert-OH is 2. The predicted octanol–water partition coefficient (Wildman–Crippen LogP) is 3.50. The van der Waals surface area contributed by atoms with Crippen molar-refractivity contribution in [1.29, 1.82) is 0 Å². The van der Waals surface area contributed by atoms with Crippen molar-refractivity contribution >= 4 is 28.1 Å². The lowest BCUT2D eigenvalue weighted by atomic mass is 9.80. The van der Waals surface area contributed by atoms with Crippen molar-refractivity contribution in [3.05, 3.63) is 55.4 Å². The van der Waals surface area contributed by atoms with E-state index in [0.29, 0.717) is 31.9 Å². The monoisotopic (exact) mass is 540 g/mol. The molecular weight excluding hydrogens is 508 g/mol. The van der Waals surface area contributed by atoms with Gasteiger partial charge in [-0.25, -0.2) is 15.0 Å². The Kier molecular flexibility index (Phi) is 6.41. The summed E-state index contributed by atoms with van der Waals surface area (Å²) in [4.78, 5) is 25.9. The largest absolute Gasteiger partial charge is 0.396 e. The van der Waals surface area contributed by atoms with Gasteiger partial charge >= 0.3 is 0 Å². The molecule has 0 bridgehead atoms. The van der Waals surface area contributed by atoms with Crippen LogP contribution in [-0.2, 0) is 4.74 Å². The quantitative estimate of drug-likeness (QED) is 0.333. The Hall–Kier alpha value is -3.93. The lowest BCUT2D eigenvalue weighted by molar-refractivity contribution is -0.0298. The highest BCUT2D eigenvalue weighted by Crippen LogP contribution is 2.36. The van der Waals surface area contributed by atoms with Crippen LogP contribution in [0.2, 0.25) is 0 Å². The van der Waals surface area contributed by atoms with Gasteiger partial charge in [0.05, 0.1) is 42.5 Å². The molecule has 0 saturated carbocycles. The first-order valence-electron chi connectivity index (χ1n) is 13.9. The molecule has 5 aromatic rings. The number of hydrogen-bond acceptors (Lipinski definition) is 9. The average Bonchev–Trinajstić information content (AvgIpc) is 3.66. The van der Waals surface area contributed by atoms with Gasteiger partial charge in [-0.1, -0.05) is 6.07 Å². The van der Waals surface area contributed by atoms with Crippen LogP contribution < -0.4 is 4.90 Å². The Morgan fingerprint density at radius 1 is 1.00 bits per heavy atom. The minimum atomic E-state index is -0.459. The van der Waals surface area contributed by atoms with Crippen molar-refractivity contribution in [2.75, 3.05) is 37.8 Å². The Morgan fingerprint density at radius 3 is 2.62 bits per heavy atom. The molecule has 0 amide bonds. The number of fused-ring (bicyclic) bond motifs is 2. The molecule has 4 aromatic heterocycles. The van der Waals surface area contributed by atoms with Gasteiger partial charge in [0.15, 0.2) is 5.65 Å². The maximum atomic E-state index is 9.90. The maximum Gasteiger partial charge on any atom is 0.228 e. The van der Waals surface area contributed by atoms with E-state index in [2.05, 4.69) is 27.0 Å². The van der Waals surface area contributed by atoms with Gasteiger partial charge in [-0.2, -0.15) is 4.98 Å². The highest BCUT2D eigenvalue weighted by molar-refractivity contribution is 5.92. The van der Waals surface area contributed by atoms with Crippen molar-refractivity contribution in [2.45, 2.75) is 38.3 Å². The molecule has 1 unspecified atom stereocenters. The Bertz CT molecular complexity index is 1630. The number of aliphatic hydroxyl groups is 2. The van der Waals surface area contributed by atoms with Crippen LogP contribution in [0, 0.1) is 5.41 Å². The smallest absolute Gasteiger partial charge is 0.228 e. The molecule has 2 aliphatic heterocycles. The van der Waals surface area contributed by atoms with Crippen molar-refractivity contribution < 1.29 is 14.9 Å². The molecule has 0 aliphatic carbocycles. The summed E-state index contributed by atoms with van der Waals surface area (Å²) in [5.74, 6) is 0.616. The minimum Gasteiger partial charge on any atom is -0.396 e. The first-order chi connectivity index (χ1) is 19.7. The van der Waals surface area contributed by atoms with Crippen molar-refractivity contribution in [2.24, 2.45) is 5.41 Å². The van der Waals surface area contributed by atoms with E-state index in [1.165, 1.54) is 0 Å². The van der Waals surface area contributed by atoms with Gasteiger partial charge < -0.3 is 19.8 Å². The molecule has 40 heavy (non-hydrogen) atoms. The van der Waals surface area contributed by atoms with Crippen molar-refractivity contribution in [3.63, 3.8) is 0 Å². The molecule has 6 heterocycles. The predicted molar refractivity (Wildman–Crippen MR) is 150 cm³/mol. The summed E-state index contributed by atoms with van der Waals surface area (Å²) < 4.78 is 10.2. The van der Waals surface area contributed by atoms with Crippen LogP contribution in [0.15, 0.2) is 55.4 Å². The molecule has 2 saturated heterocycles. The van der Waals surface area contributed by atoms with Gasteiger partial charge in [0.25, 0.3) is 0 Å². The van der Waals surface area contributed by atoms with Crippen molar-refractivity contribution in [1.82, 2.24) is 34.1 Å². The van der Waals surface area contributed by atoms with Crippen LogP contribution >= 0.6 is 0 Å². The third kappa shape index (κ3) is 4.30. The lowest BCUT2D eigenvalue weighted by Gasteiger charge is -2.39. The molecule has 2 fully saturated rings. The van der Waals surface area contributed by atoms with Gasteiger partial charge in [-0.05, 0) is 56.4 Å². The molecule has 7 rings (SSSR count). The van der Waals surface area contributed by atoms with E-state index < -0.39 is 5.41 Å². The zero-order valence-corrected chi connectivity index (χ0v) is 22.2. The second kappa shape index (κ2) is 10.2. The molecule has 11 heteroatoms. The highest BCUT2D eigenvalue weighted by Gasteiger charge is 2.35. The summed E-state index contributed by atoms with van der Waals surface area (Å²) in [6.07, 6.45) is 11.5. The minimum absolute atomic E-state index is 0.0278. The standard InChI is InChI=1S/C29H32N8O3/c38-16-29(17-39)8-11-35(12-9-29)28-33-25(26-27(34-28)37(19-32-26)24-5-1-2-13-40-24)20-6-7-23-22(14-20)31-18-36(23)21-4-3-10-30-15-21/h3-4,6-7,10,14-15,18-19,24,38-39H,1-2,5,8-9,11-13,16-17H2. The second-order valence-electron chi connectivity index (χ2n) is 10.9. The van der Waals surface area contributed by atoms with E-state index in [1.807, 2.05) is 46.2 Å². The summed E-state index contributed by atoms with van der Waals surface area (Å²) in [6, 6.07) is 10.1. The summed E-state index contributed by atoms with van der Waals surface area (Å²) in [6.45, 7) is 1.96. The third-order valence-electron chi connectivity index (χ3n) is 8.40. The number of imidazole rings is 2. The Labute approximate surface area is 231 Å². The zero-order chi connectivity index (χ0) is 27.1. The molecule has 0 radical (unpaired) electrons. The number of rotatable bonds is 6. The maximum absolute atomic E-state index is 9.90. The SMILES string of the molecule is OCC1(CO)CCN(c2nc(-c3ccc4c(c3)ncn4-c3cccnc3)c3ncn(C4CCCCO4)c3n2)CC1. The summed E-state index contributed by atoms with van der Waals surface area (Å²) in [7, 11) is 0. The topological polar surface area (TPSA) is 127 Å². The highest BCUT2D eigenvalue weighted by atomic mass is 16.5. The van der Waals surface area contributed by atoms with Crippen molar-refractivity contribution in [3.8, 4) is 16.9 Å². The van der Waals surface area contributed by atoms with Crippen LogP contribution in [0.1, 0.15) is 38.3 Å². The molecule has 1 atom stereocenters. The molecule has 0 spiro atoms. The zero-order valence-electron chi connectivity index (χ0n) is 22.2. The Morgan fingerprint density at radius 2 is 1.88 bits per heavy atom. The third-order valence-corrected chi connectivity index (χ3v) is 8.40. The van der Waals surface area contributed by atoms with Crippen LogP contribution in [-0.4, -0.2) is 77.2 Å². The number of ether oxygens (including phenoxy) is 1. The second-order valence-corrected chi connectivity index (χ2v) is 10.9. The summed E-state index contributed by atoms with van der Waals surface area (Å²) in [5, 5.41) is 19.8. The summed E-state index contributed by atoms with van der Waals surface area (Å²) >= 11 is 0. The van der Waals surface area contributed by atoms with Gasteiger partial charge in [-0.15, -0.1) is 0 Å². The number of benzene rings is 1. The summed E-state index contributed by atoms with van der Waals surface area (Å²) in [5.41, 5.74) is 5.43. The van der Waals surface area contributed by atoms with E-state index in [0.717, 1.165) is 65.0 Å². The number of piperidine rings is 1. The van der Waals surface area contributed by atoms with Gasteiger partial charge in [0.2, 0.25) is 5.95 Å². The number of hydrogen-bond donors (Lipinski definition) is 2.